The minimum Gasteiger partial charge on any atom is -0.340 e. The number of nitrogens with zero attached hydrogens (tertiary/aromatic N) is 2. The van der Waals surface area contributed by atoms with E-state index in [1.807, 2.05) is 23.5 Å². The van der Waals surface area contributed by atoms with Crippen LogP contribution in [0.15, 0.2) is 105 Å². The molecular formula is C40H48N2S2. The van der Waals surface area contributed by atoms with E-state index in [0.717, 1.165) is 13.1 Å². The van der Waals surface area contributed by atoms with Crippen molar-refractivity contribution in [2.75, 3.05) is 22.9 Å². The van der Waals surface area contributed by atoms with Crippen LogP contribution in [-0.4, -0.2) is 13.1 Å². The van der Waals surface area contributed by atoms with Gasteiger partial charge < -0.3 is 9.80 Å². The minimum atomic E-state index is 1.08. The Morgan fingerprint density at radius 1 is 0.409 bits per heavy atom. The topological polar surface area (TPSA) is 6.48 Å². The second-order valence-electron chi connectivity index (χ2n) is 12.3. The van der Waals surface area contributed by atoms with Gasteiger partial charge in [0.25, 0.3) is 0 Å². The van der Waals surface area contributed by atoms with Crippen molar-refractivity contribution in [2.45, 2.75) is 110 Å². The van der Waals surface area contributed by atoms with Gasteiger partial charge in [0.15, 0.2) is 0 Å². The monoisotopic (exact) mass is 620 g/mol. The summed E-state index contributed by atoms with van der Waals surface area (Å²) in [6.45, 7) is 6.75. The normalized spacial score (nSPS) is 13.3. The molecule has 2 aliphatic rings. The third kappa shape index (κ3) is 7.18. The molecule has 0 saturated carbocycles. The summed E-state index contributed by atoms with van der Waals surface area (Å²) in [4.78, 5) is 10.6. The van der Waals surface area contributed by atoms with E-state index in [4.69, 9.17) is 0 Å². The standard InChI is InChI=1S/C40H48N2S2/c1-3-5-7-9-11-17-27-41-33-19-13-15-21-37(33)43-39-29-31(23-25-35(39)41)32-24-26-36-40(30-32)44-38-22-16-14-20-34(38)42(36)28-18-12-10-8-6-4-2/h13-16,19-26,29-30H,3-12,17-18,27-28H2,1-2H3. The first-order valence-corrected chi connectivity index (χ1v) is 18.8. The van der Waals surface area contributed by atoms with Crippen LogP contribution >= 0.6 is 23.5 Å². The summed E-state index contributed by atoms with van der Waals surface area (Å²) in [6.07, 6.45) is 15.9. The number of hydrogen-bond donors (Lipinski definition) is 0. The summed E-state index contributed by atoms with van der Waals surface area (Å²) in [7, 11) is 0. The van der Waals surface area contributed by atoms with Crippen molar-refractivity contribution < 1.29 is 0 Å². The van der Waals surface area contributed by atoms with E-state index in [2.05, 4.69) is 109 Å². The molecule has 0 atom stereocenters. The summed E-state index contributed by atoms with van der Waals surface area (Å²) in [6, 6.07) is 32.2. The van der Waals surface area contributed by atoms with Gasteiger partial charge in [-0.25, -0.2) is 0 Å². The zero-order chi connectivity index (χ0) is 30.1. The number of hydrogen-bond acceptors (Lipinski definition) is 4. The first kappa shape index (κ1) is 31.2. The van der Waals surface area contributed by atoms with Crippen LogP contribution in [0.2, 0.25) is 0 Å². The molecule has 0 unspecified atom stereocenters. The van der Waals surface area contributed by atoms with Gasteiger partial charge in [0.05, 0.1) is 22.7 Å². The highest BCUT2D eigenvalue weighted by Gasteiger charge is 2.25. The first-order chi connectivity index (χ1) is 21.8. The Bertz CT molecular complexity index is 1410. The van der Waals surface area contributed by atoms with Gasteiger partial charge in [0.1, 0.15) is 0 Å². The average molecular weight is 621 g/mol. The third-order valence-electron chi connectivity index (χ3n) is 9.06. The molecule has 0 N–H and O–H groups in total. The van der Waals surface area contributed by atoms with Crippen LogP contribution in [0, 0.1) is 0 Å². The summed E-state index contributed by atoms with van der Waals surface area (Å²) in [5.74, 6) is 0. The van der Waals surface area contributed by atoms with Gasteiger partial charge in [-0.1, -0.05) is 138 Å². The Balaban J connectivity index is 1.22. The zero-order valence-electron chi connectivity index (χ0n) is 26.7. The molecule has 0 aromatic heterocycles. The molecule has 0 saturated heterocycles. The molecule has 2 heterocycles. The van der Waals surface area contributed by atoms with Crippen LogP contribution in [0.4, 0.5) is 22.7 Å². The molecule has 0 fully saturated rings. The molecule has 2 aliphatic heterocycles. The molecule has 0 aliphatic carbocycles. The third-order valence-corrected chi connectivity index (χ3v) is 11.3. The van der Waals surface area contributed by atoms with E-state index in [1.54, 1.807) is 0 Å². The molecule has 4 aromatic carbocycles. The highest BCUT2D eigenvalue weighted by Crippen LogP contribution is 2.51. The van der Waals surface area contributed by atoms with E-state index in [-0.39, 0.29) is 0 Å². The lowest BCUT2D eigenvalue weighted by Crippen LogP contribution is -2.22. The van der Waals surface area contributed by atoms with Crippen molar-refractivity contribution in [2.24, 2.45) is 0 Å². The fourth-order valence-electron chi connectivity index (χ4n) is 6.61. The predicted molar refractivity (Wildman–Crippen MR) is 194 cm³/mol. The van der Waals surface area contributed by atoms with Gasteiger partial charge in [-0.3, -0.25) is 0 Å². The zero-order valence-corrected chi connectivity index (χ0v) is 28.3. The number of unbranched alkanes of at least 4 members (excludes halogenated alkanes) is 10. The quantitative estimate of drug-likeness (QED) is 0.122. The molecule has 4 aromatic rings. The van der Waals surface area contributed by atoms with Gasteiger partial charge in [-0.2, -0.15) is 0 Å². The van der Waals surface area contributed by atoms with E-state index in [1.165, 1.54) is 131 Å². The molecule has 0 amide bonds. The van der Waals surface area contributed by atoms with E-state index >= 15 is 0 Å². The Morgan fingerprint density at radius 2 is 0.795 bits per heavy atom. The Hall–Kier alpha value is -2.82. The highest BCUT2D eigenvalue weighted by atomic mass is 32.2. The molecule has 230 valence electrons. The number of benzene rings is 4. The average Bonchev–Trinajstić information content (AvgIpc) is 3.06. The Kier molecular flexibility index (Phi) is 10.9. The Morgan fingerprint density at radius 3 is 1.25 bits per heavy atom. The lowest BCUT2D eigenvalue weighted by molar-refractivity contribution is 0.608. The molecule has 0 spiro atoms. The second-order valence-corrected chi connectivity index (χ2v) is 14.5. The summed E-state index contributed by atoms with van der Waals surface area (Å²) >= 11 is 3.85. The van der Waals surface area contributed by atoms with Crippen LogP contribution in [0.25, 0.3) is 11.1 Å². The smallest absolute Gasteiger partial charge is 0.0553 e. The van der Waals surface area contributed by atoms with E-state index in [9.17, 15) is 0 Å². The number of fused-ring (bicyclic) bond motifs is 4. The summed E-state index contributed by atoms with van der Waals surface area (Å²) in [5.41, 5.74) is 8.05. The Labute approximate surface area is 274 Å². The number of rotatable bonds is 15. The molecule has 44 heavy (non-hydrogen) atoms. The molecule has 2 nitrogen and oxygen atoms in total. The lowest BCUT2D eigenvalue weighted by atomic mass is 10.0. The summed E-state index contributed by atoms with van der Waals surface area (Å²) < 4.78 is 0. The maximum absolute atomic E-state index is 2.57. The SMILES string of the molecule is CCCCCCCCN1c2ccccc2Sc2cc(-c3ccc4c(c3)Sc3ccccc3N4CCCCCCCC)ccc21. The molecule has 0 radical (unpaired) electrons. The lowest BCUT2D eigenvalue weighted by Gasteiger charge is -2.34. The number of para-hydroxylation sites is 2. The van der Waals surface area contributed by atoms with Gasteiger partial charge in [0.2, 0.25) is 0 Å². The largest absolute Gasteiger partial charge is 0.340 e. The fourth-order valence-corrected chi connectivity index (χ4v) is 8.88. The van der Waals surface area contributed by atoms with Crippen molar-refractivity contribution in [3.63, 3.8) is 0 Å². The van der Waals surface area contributed by atoms with Crippen molar-refractivity contribution in [3.05, 3.63) is 84.9 Å². The fraction of sp³-hybridized carbons (Fsp3) is 0.400. The van der Waals surface area contributed by atoms with E-state index in [0.29, 0.717) is 0 Å². The number of anilines is 4. The second kappa shape index (κ2) is 15.5. The molecule has 6 rings (SSSR count). The maximum atomic E-state index is 2.57. The van der Waals surface area contributed by atoms with Crippen molar-refractivity contribution in [1.82, 2.24) is 0 Å². The predicted octanol–water partition coefficient (Wildman–Crippen LogP) is 13.3. The van der Waals surface area contributed by atoms with Crippen molar-refractivity contribution in [3.8, 4) is 11.1 Å². The van der Waals surface area contributed by atoms with Crippen LogP contribution in [-0.2, 0) is 0 Å². The van der Waals surface area contributed by atoms with Crippen LogP contribution in [0.3, 0.4) is 0 Å². The minimum absolute atomic E-state index is 1.08. The van der Waals surface area contributed by atoms with Crippen molar-refractivity contribution >= 4 is 46.3 Å². The highest BCUT2D eigenvalue weighted by molar-refractivity contribution is 8.00. The first-order valence-electron chi connectivity index (χ1n) is 17.1. The van der Waals surface area contributed by atoms with Gasteiger partial charge in [0, 0.05) is 32.7 Å². The molecular weight excluding hydrogens is 573 g/mol. The molecule has 0 bridgehead atoms. The maximum Gasteiger partial charge on any atom is 0.0553 e. The molecule has 4 heteroatoms. The van der Waals surface area contributed by atoms with Gasteiger partial charge in [-0.05, 0) is 72.5 Å². The van der Waals surface area contributed by atoms with Gasteiger partial charge in [-0.15, -0.1) is 0 Å². The van der Waals surface area contributed by atoms with Gasteiger partial charge >= 0.3 is 0 Å². The summed E-state index contributed by atoms with van der Waals surface area (Å²) in [5, 5.41) is 0. The van der Waals surface area contributed by atoms with Crippen LogP contribution in [0.5, 0.6) is 0 Å². The van der Waals surface area contributed by atoms with Crippen LogP contribution in [0.1, 0.15) is 90.9 Å². The van der Waals surface area contributed by atoms with Crippen LogP contribution < -0.4 is 9.80 Å². The van der Waals surface area contributed by atoms with Crippen molar-refractivity contribution in [1.29, 1.82) is 0 Å². The van der Waals surface area contributed by atoms with E-state index < -0.39 is 0 Å².